The summed E-state index contributed by atoms with van der Waals surface area (Å²) in [6.45, 7) is 5.68. The second kappa shape index (κ2) is 7.42. The van der Waals surface area contributed by atoms with Crippen molar-refractivity contribution in [2.75, 3.05) is 0 Å². The van der Waals surface area contributed by atoms with Gasteiger partial charge in [0.1, 0.15) is 5.75 Å². The molecule has 1 aromatic rings. The van der Waals surface area contributed by atoms with E-state index in [4.69, 9.17) is 14.7 Å². The molecule has 0 aliphatic heterocycles. The molecule has 0 spiro atoms. The van der Waals surface area contributed by atoms with Gasteiger partial charge < -0.3 is 9.47 Å². The minimum atomic E-state index is -0.609. The fourth-order valence-corrected chi connectivity index (χ4v) is 1.43. The lowest BCUT2D eigenvalue weighted by Crippen LogP contribution is -2.31. The Hall–Kier alpha value is -2.02. The molecule has 4 heteroatoms. The number of hydrogen-bond donors (Lipinski definition) is 0. The molecule has 1 rings (SSSR count). The number of esters is 1. The summed E-state index contributed by atoms with van der Waals surface area (Å²) >= 11 is 0. The lowest BCUT2D eigenvalue weighted by Gasteiger charge is -2.19. The van der Waals surface area contributed by atoms with Gasteiger partial charge in [-0.25, -0.2) is 4.79 Å². The fourth-order valence-electron chi connectivity index (χ4n) is 1.43. The molecular weight excluding hydrogens is 242 g/mol. The Labute approximate surface area is 113 Å². The molecule has 0 amide bonds. The van der Waals surface area contributed by atoms with E-state index in [0.717, 1.165) is 6.42 Å². The molecule has 2 atom stereocenters. The zero-order valence-corrected chi connectivity index (χ0v) is 11.6. The van der Waals surface area contributed by atoms with E-state index in [-0.39, 0.29) is 12.1 Å². The van der Waals surface area contributed by atoms with Crippen LogP contribution in [0.1, 0.15) is 39.2 Å². The Morgan fingerprint density at radius 2 is 1.89 bits per heavy atom. The van der Waals surface area contributed by atoms with Gasteiger partial charge in [0.25, 0.3) is 0 Å². The highest BCUT2D eigenvalue weighted by molar-refractivity contribution is 5.75. The van der Waals surface area contributed by atoms with E-state index in [1.807, 2.05) is 26.8 Å². The van der Waals surface area contributed by atoms with Crippen LogP contribution in [-0.4, -0.2) is 18.2 Å². The van der Waals surface area contributed by atoms with Crippen LogP contribution in [0.5, 0.6) is 5.75 Å². The molecule has 2 unspecified atom stereocenters. The molecule has 4 nitrogen and oxygen atoms in total. The van der Waals surface area contributed by atoms with Crippen molar-refractivity contribution in [1.82, 2.24) is 0 Å². The van der Waals surface area contributed by atoms with Crippen LogP contribution in [0.4, 0.5) is 0 Å². The molecule has 0 saturated heterocycles. The molecule has 0 radical (unpaired) electrons. The van der Waals surface area contributed by atoms with Gasteiger partial charge in [-0.05, 0) is 44.0 Å². The maximum atomic E-state index is 11.9. The first-order chi connectivity index (χ1) is 9.10. The largest absolute Gasteiger partial charge is 0.479 e. The van der Waals surface area contributed by atoms with Gasteiger partial charge >= 0.3 is 5.97 Å². The summed E-state index contributed by atoms with van der Waals surface area (Å²) in [6.07, 6.45) is 0.599. The quantitative estimate of drug-likeness (QED) is 0.738. The predicted molar refractivity (Wildman–Crippen MR) is 71.7 cm³/mol. The van der Waals surface area contributed by atoms with Crippen molar-refractivity contribution in [3.63, 3.8) is 0 Å². The summed E-state index contributed by atoms with van der Waals surface area (Å²) < 4.78 is 10.8. The highest BCUT2D eigenvalue weighted by Crippen LogP contribution is 2.16. The van der Waals surface area contributed by atoms with E-state index >= 15 is 0 Å². The molecule has 0 aliphatic carbocycles. The highest BCUT2D eigenvalue weighted by Gasteiger charge is 2.21. The normalized spacial score (nSPS) is 13.2. The van der Waals surface area contributed by atoms with E-state index in [1.54, 1.807) is 24.3 Å². The van der Waals surface area contributed by atoms with Crippen LogP contribution < -0.4 is 4.74 Å². The van der Waals surface area contributed by atoms with Gasteiger partial charge in [0.2, 0.25) is 0 Å². The van der Waals surface area contributed by atoms with Gasteiger partial charge in [-0.15, -0.1) is 0 Å². The Morgan fingerprint density at radius 3 is 2.37 bits per heavy atom. The van der Waals surface area contributed by atoms with Gasteiger partial charge in [0.15, 0.2) is 6.10 Å². The Kier molecular flexibility index (Phi) is 5.87. The minimum absolute atomic E-state index is 0.105. The number of carbonyl (C=O) groups excluding carboxylic acids is 1. The Balaban J connectivity index is 2.65. The number of ether oxygens (including phenoxy) is 2. The smallest absolute Gasteiger partial charge is 0.347 e. The number of rotatable bonds is 6. The number of nitriles is 1. The van der Waals surface area contributed by atoms with Crippen LogP contribution >= 0.6 is 0 Å². The van der Waals surface area contributed by atoms with Gasteiger partial charge in [0, 0.05) is 0 Å². The lowest BCUT2D eigenvalue weighted by molar-refractivity contribution is -0.156. The first-order valence-corrected chi connectivity index (χ1v) is 6.48. The third-order valence-electron chi connectivity index (χ3n) is 2.79. The standard InChI is InChI=1S/C15H19NO3/c1-4-11(3)18-15(17)14(5-2)19-13-8-6-12(10-16)7-9-13/h6-9,11,14H,4-5H2,1-3H3. The summed E-state index contributed by atoms with van der Waals surface area (Å²) in [5, 5.41) is 8.71. The molecule has 0 aromatic heterocycles. The summed E-state index contributed by atoms with van der Waals surface area (Å²) in [5.74, 6) is 0.216. The average molecular weight is 261 g/mol. The predicted octanol–water partition coefficient (Wildman–Crippen LogP) is 3.06. The van der Waals surface area contributed by atoms with Crippen LogP contribution in [0.3, 0.4) is 0 Å². The third-order valence-corrected chi connectivity index (χ3v) is 2.79. The number of carbonyl (C=O) groups is 1. The zero-order valence-electron chi connectivity index (χ0n) is 11.6. The van der Waals surface area contributed by atoms with Crippen molar-refractivity contribution in [3.05, 3.63) is 29.8 Å². The van der Waals surface area contributed by atoms with Gasteiger partial charge in [0.05, 0.1) is 17.7 Å². The second-order valence-electron chi connectivity index (χ2n) is 4.31. The SMILES string of the molecule is CCC(C)OC(=O)C(CC)Oc1ccc(C#N)cc1. The summed E-state index contributed by atoms with van der Waals surface area (Å²) in [5.41, 5.74) is 0.558. The lowest BCUT2D eigenvalue weighted by atomic mass is 10.2. The van der Waals surface area contributed by atoms with Crippen LogP contribution in [0.15, 0.2) is 24.3 Å². The summed E-state index contributed by atoms with van der Waals surface area (Å²) in [6, 6.07) is 8.70. The van der Waals surface area contributed by atoms with Crippen LogP contribution in [0.2, 0.25) is 0 Å². The van der Waals surface area contributed by atoms with Crippen LogP contribution in [0.25, 0.3) is 0 Å². The first kappa shape index (κ1) is 15.0. The van der Waals surface area contributed by atoms with E-state index in [9.17, 15) is 4.79 Å². The molecule has 0 fully saturated rings. The van der Waals surface area contributed by atoms with Crippen LogP contribution in [0, 0.1) is 11.3 Å². The van der Waals surface area contributed by atoms with Crippen molar-refractivity contribution in [1.29, 1.82) is 5.26 Å². The molecule has 0 bridgehead atoms. The highest BCUT2D eigenvalue weighted by atomic mass is 16.6. The van der Waals surface area contributed by atoms with Crippen molar-refractivity contribution >= 4 is 5.97 Å². The number of nitrogens with zero attached hydrogens (tertiary/aromatic N) is 1. The molecule has 0 heterocycles. The maximum absolute atomic E-state index is 11.9. The molecule has 0 N–H and O–H groups in total. The third kappa shape index (κ3) is 4.63. The molecular formula is C15H19NO3. The number of benzene rings is 1. The van der Waals surface area contributed by atoms with Gasteiger partial charge in [-0.2, -0.15) is 5.26 Å². The zero-order chi connectivity index (χ0) is 14.3. The van der Waals surface area contributed by atoms with Gasteiger partial charge in [-0.3, -0.25) is 0 Å². The fraction of sp³-hybridized carbons (Fsp3) is 0.467. The topological polar surface area (TPSA) is 59.3 Å². The summed E-state index contributed by atoms with van der Waals surface area (Å²) in [7, 11) is 0. The maximum Gasteiger partial charge on any atom is 0.347 e. The first-order valence-electron chi connectivity index (χ1n) is 6.48. The van der Waals surface area contributed by atoms with Crippen molar-refractivity contribution in [2.45, 2.75) is 45.8 Å². The summed E-state index contributed by atoms with van der Waals surface area (Å²) in [4.78, 5) is 11.9. The Bertz CT molecular complexity index is 447. The average Bonchev–Trinajstić information content (AvgIpc) is 2.44. The van der Waals surface area contributed by atoms with Crippen molar-refractivity contribution in [3.8, 4) is 11.8 Å². The number of hydrogen-bond acceptors (Lipinski definition) is 4. The van der Waals surface area contributed by atoms with Crippen molar-refractivity contribution < 1.29 is 14.3 Å². The van der Waals surface area contributed by atoms with E-state index < -0.39 is 6.10 Å². The van der Waals surface area contributed by atoms with Crippen molar-refractivity contribution in [2.24, 2.45) is 0 Å². The van der Waals surface area contributed by atoms with E-state index in [2.05, 4.69) is 0 Å². The molecule has 0 aliphatic rings. The van der Waals surface area contributed by atoms with E-state index in [1.165, 1.54) is 0 Å². The minimum Gasteiger partial charge on any atom is -0.479 e. The molecule has 1 aromatic carbocycles. The van der Waals surface area contributed by atoms with Crippen LogP contribution in [-0.2, 0) is 9.53 Å². The molecule has 0 saturated carbocycles. The van der Waals surface area contributed by atoms with E-state index in [0.29, 0.717) is 17.7 Å². The van der Waals surface area contributed by atoms with Gasteiger partial charge in [-0.1, -0.05) is 13.8 Å². The molecule has 102 valence electrons. The monoisotopic (exact) mass is 261 g/mol. The molecule has 19 heavy (non-hydrogen) atoms. The Morgan fingerprint density at radius 1 is 1.26 bits per heavy atom. The second-order valence-corrected chi connectivity index (χ2v) is 4.31.